The monoisotopic (exact) mass is 405 g/mol. The number of hydrogen-bond donors (Lipinski definition) is 1. The van der Waals surface area contributed by atoms with Crippen molar-refractivity contribution in [2.75, 3.05) is 25.1 Å². The Morgan fingerprint density at radius 1 is 1.25 bits per heavy atom. The zero-order valence-corrected chi connectivity index (χ0v) is 15.9. The third-order valence-corrected chi connectivity index (χ3v) is 5.95. The number of benzene rings is 2. The molecule has 1 N–H and O–H groups in total. The van der Waals surface area contributed by atoms with Crippen molar-refractivity contribution in [1.29, 1.82) is 0 Å². The quantitative estimate of drug-likeness (QED) is 0.555. The fourth-order valence-electron chi connectivity index (χ4n) is 3.01. The predicted molar refractivity (Wildman–Crippen MR) is 102 cm³/mol. The first-order valence-corrected chi connectivity index (χ1v) is 10.0. The molecule has 0 unspecified atom stereocenters. The molecular formula is C18H19N3O6S. The summed E-state index contributed by atoms with van der Waals surface area (Å²) in [7, 11) is -2.26. The summed E-state index contributed by atoms with van der Waals surface area (Å²) >= 11 is 0. The summed E-state index contributed by atoms with van der Waals surface area (Å²) in [6.07, 6.45) is 0.550. The first-order valence-electron chi connectivity index (χ1n) is 8.53. The van der Waals surface area contributed by atoms with Crippen LogP contribution < -0.4 is 14.4 Å². The molecule has 1 heterocycles. The van der Waals surface area contributed by atoms with E-state index in [-0.39, 0.29) is 29.5 Å². The second-order valence-corrected chi connectivity index (χ2v) is 7.96. The number of nitrogens with one attached hydrogen (secondary N) is 1. The van der Waals surface area contributed by atoms with Crippen molar-refractivity contribution >= 4 is 27.3 Å². The first kappa shape index (κ1) is 19.8. The number of amides is 1. The van der Waals surface area contributed by atoms with Crippen molar-refractivity contribution < 1.29 is 22.9 Å². The number of sulfonamides is 1. The number of carbonyl (C=O) groups is 1. The van der Waals surface area contributed by atoms with Crippen LogP contribution in [0.5, 0.6) is 5.75 Å². The number of nitro groups is 1. The summed E-state index contributed by atoms with van der Waals surface area (Å²) < 4.78 is 32.0. The van der Waals surface area contributed by atoms with Gasteiger partial charge in [-0.15, -0.1) is 0 Å². The van der Waals surface area contributed by atoms with Crippen molar-refractivity contribution in [3.63, 3.8) is 0 Å². The SMILES string of the molecule is COc1ccc(S(=O)(=O)NCCC(=O)N2CCc3ccc([N+](=O)[O-])cc32)cc1. The Bertz CT molecular complexity index is 1000. The van der Waals surface area contributed by atoms with E-state index in [1.54, 1.807) is 6.07 Å². The van der Waals surface area contributed by atoms with Crippen LogP contribution in [-0.2, 0) is 21.2 Å². The van der Waals surface area contributed by atoms with Gasteiger partial charge in [-0.25, -0.2) is 13.1 Å². The maximum absolute atomic E-state index is 12.5. The summed E-state index contributed by atoms with van der Waals surface area (Å²) in [5.41, 5.74) is 1.29. The molecule has 3 rings (SSSR count). The molecule has 0 bridgehead atoms. The van der Waals surface area contributed by atoms with Crippen LogP contribution in [0.4, 0.5) is 11.4 Å². The van der Waals surface area contributed by atoms with Crippen molar-refractivity contribution in [3.8, 4) is 5.75 Å². The highest BCUT2D eigenvalue weighted by atomic mass is 32.2. The maximum atomic E-state index is 12.5. The zero-order valence-electron chi connectivity index (χ0n) is 15.1. The minimum Gasteiger partial charge on any atom is -0.497 e. The third kappa shape index (κ3) is 4.12. The molecule has 0 saturated heterocycles. The minimum absolute atomic E-state index is 0.0580. The molecule has 2 aromatic rings. The third-order valence-electron chi connectivity index (χ3n) is 4.48. The number of carbonyl (C=O) groups excluding carboxylic acids is 1. The van der Waals surface area contributed by atoms with E-state index in [0.29, 0.717) is 24.4 Å². The second kappa shape index (κ2) is 7.95. The highest BCUT2D eigenvalue weighted by Crippen LogP contribution is 2.32. The number of hydrogen-bond acceptors (Lipinski definition) is 6. The normalized spacial score (nSPS) is 13.2. The van der Waals surface area contributed by atoms with Crippen molar-refractivity contribution in [1.82, 2.24) is 4.72 Å². The van der Waals surface area contributed by atoms with Gasteiger partial charge < -0.3 is 9.64 Å². The number of ether oxygens (including phenoxy) is 1. The van der Waals surface area contributed by atoms with Crippen LogP contribution in [0.25, 0.3) is 0 Å². The molecule has 1 amide bonds. The number of methoxy groups -OCH3 is 1. The van der Waals surface area contributed by atoms with Gasteiger partial charge in [0, 0.05) is 31.6 Å². The number of nitrogens with zero attached hydrogens (tertiary/aromatic N) is 2. The molecule has 0 atom stereocenters. The van der Waals surface area contributed by atoms with Gasteiger partial charge in [0.2, 0.25) is 15.9 Å². The summed E-state index contributed by atoms with van der Waals surface area (Å²) in [5.74, 6) is 0.243. The van der Waals surface area contributed by atoms with Gasteiger partial charge in [-0.1, -0.05) is 6.07 Å². The van der Waals surface area contributed by atoms with Gasteiger partial charge in [0.25, 0.3) is 5.69 Å². The molecule has 0 aromatic heterocycles. The predicted octanol–water partition coefficient (Wildman–Crippen LogP) is 1.86. The van der Waals surface area contributed by atoms with Crippen LogP contribution in [0.1, 0.15) is 12.0 Å². The summed E-state index contributed by atoms with van der Waals surface area (Å²) in [5, 5.41) is 11.0. The van der Waals surface area contributed by atoms with E-state index in [1.807, 2.05) is 0 Å². The minimum atomic E-state index is -3.75. The average molecular weight is 405 g/mol. The standard InChI is InChI=1S/C18H19N3O6S/c1-27-15-4-6-16(7-5-15)28(25,26)19-10-8-18(22)20-11-9-13-2-3-14(21(23)24)12-17(13)20/h2-7,12,19H,8-11H2,1H3. The highest BCUT2D eigenvalue weighted by molar-refractivity contribution is 7.89. The summed E-state index contributed by atoms with van der Waals surface area (Å²) in [4.78, 5) is 24.5. The Kier molecular flexibility index (Phi) is 5.61. The molecule has 1 aliphatic rings. The summed E-state index contributed by atoms with van der Waals surface area (Å²) in [6.45, 7) is 0.342. The van der Waals surface area contributed by atoms with Gasteiger partial charge in [0.1, 0.15) is 5.75 Å². The smallest absolute Gasteiger partial charge is 0.271 e. The van der Waals surface area contributed by atoms with E-state index in [2.05, 4.69) is 4.72 Å². The fourth-order valence-corrected chi connectivity index (χ4v) is 4.04. The number of rotatable bonds is 7. The first-order chi connectivity index (χ1) is 13.3. The lowest BCUT2D eigenvalue weighted by Crippen LogP contribution is -2.33. The molecule has 0 radical (unpaired) electrons. The van der Waals surface area contributed by atoms with Crippen LogP contribution in [0.2, 0.25) is 0 Å². The molecular weight excluding hydrogens is 386 g/mol. The highest BCUT2D eigenvalue weighted by Gasteiger charge is 2.26. The van der Waals surface area contributed by atoms with E-state index in [9.17, 15) is 23.3 Å². The van der Waals surface area contributed by atoms with E-state index >= 15 is 0 Å². The van der Waals surface area contributed by atoms with Crippen molar-refractivity contribution in [3.05, 3.63) is 58.1 Å². The van der Waals surface area contributed by atoms with E-state index in [0.717, 1.165) is 5.56 Å². The van der Waals surface area contributed by atoms with Crippen LogP contribution in [0.3, 0.4) is 0 Å². The lowest BCUT2D eigenvalue weighted by Gasteiger charge is -2.17. The lowest BCUT2D eigenvalue weighted by atomic mass is 10.1. The maximum Gasteiger partial charge on any atom is 0.271 e. The topological polar surface area (TPSA) is 119 Å². The largest absolute Gasteiger partial charge is 0.497 e. The van der Waals surface area contributed by atoms with E-state index in [1.165, 1.54) is 48.4 Å². The zero-order chi connectivity index (χ0) is 20.3. The van der Waals surface area contributed by atoms with E-state index in [4.69, 9.17) is 4.74 Å². The van der Waals surface area contributed by atoms with Gasteiger partial charge >= 0.3 is 0 Å². The molecule has 0 fully saturated rings. The van der Waals surface area contributed by atoms with Crippen LogP contribution in [-0.4, -0.2) is 39.4 Å². The fraction of sp³-hybridized carbons (Fsp3) is 0.278. The Balaban J connectivity index is 1.62. The van der Waals surface area contributed by atoms with Crippen LogP contribution in [0.15, 0.2) is 47.4 Å². The molecule has 9 nitrogen and oxygen atoms in total. The van der Waals surface area contributed by atoms with E-state index < -0.39 is 14.9 Å². The number of non-ortho nitro benzene ring substituents is 1. The van der Waals surface area contributed by atoms with Crippen LogP contribution in [0, 0.1) is 10.1 Å². The van der Waals surface area contributed by atoms with Gasteiger partial charge in [0.15, 0.2) is 0 Å². The molecule has 28 heavy (non-hydrogen) atoms. The Morgan fingerprint density at radius 3 is 2.61 bits per heavy atom. The molecule has 10 heteroatoms. The average Bonchev–Trinajstić information content (AvgIpc) is 3.11. The Labute approximate surface area is 162 Å². The Hall–Kier alpha value is -2.98. The van der Waals surface area contributed by atoms with Crippen LogP contribution >= 0.6 is 0 Å². The Morgan fingerprint density at radius 2 is 1.96 bits per heavy atom. The number of fused-ring (bicyclic) bond motifs is 1. The van der Waals surface area contributed by atoms with Gasteiger partial charge in [-0.2, -0.15) is 0 Å². The van der Waals surface area contributed by atoms with Gasteiger partial charge in [0.05, 0.1) is 22.6 Å². The molecule has 0 saturated carbocycles. The van der Waals surface area contributed by atoms with Crippen molar-refractivity contribution in [2.24, 2.45) is 0 Å². The van der Waals surface area contributed by atoms with Gasteiger partial charge in [-0.3, -0.25) is 14.9 Å². The second-order valence-electron chi connectivity index (χ2n) is 6.19. The molecule has 1 aliphatic heterocycles. The molecule has 0 spiro atoms. The molecule has 2 aromatic carbocycles. The van der Waals surface area contributed by atoms with Crippen molar-refractivity contribution in [2.45, 2.75) is 17.7 Å². The number of nitro benzene ring substituents is 1. The molecule has 0 aliphatic carbocycles. The number of anilines is 1. The molecule has 148 valence electrons. The summed E-state index contributed by atoms with van der Waals surface area (Å²) in [6, 6.07) is 10.3. The lowest BCUT2D eigenvalue weighted by molar-refractivity contribution is -0.384. The van der Waals surface area contributed by atoms with Gasteiger partial charge in [-0.05, 0) is 36.2 Å².